The molecule has 118 valence electrons. The molecule has 1 aromatic carbocycles. The lowest BCUT2D eigenvalue weighted by atomic mass is 9.58. The second-order valence-corrected chi connectivity index (χ2v) is 7.88. The Kier molecular flexibility index (Phi) is 4.63. The van der Waals surface area contributed by atoms with Gasteiger partial charge in [-0.3, -0.25) is 0 Å². The van der Waals surface area contributed by atoms with Gasteiger partial charge in [-0.05, 0) is 44.2 Å². The molecule has 1 fully saturated rings. The first-order valence-corrected chi connectivity index (χ1v) is 9.40. The summed E-state index contributed by atoms with van der Waals surface area (Å²) in [5.74, 6) is 0.744. The number of rotatable bonds is 6. The monoisotopic (exact) mass is 311 g/mol. The van der Waals surface area contributed by atoms with Crippen LogP contribution in [0.15, 0.2) is 29.2 Å². The third-order valence-corrected chi connectivity index (χ3v) is 6.11. The topological polar surface area (TPSA) is 55.4 Å². The van der Waals surface area contributed by atoms with E-state index < -0.39 is 9.84 Å². The highest BCUT2D eigenvalue weighted by Crippen LogP contribution is 2.48. The maximum atomic E-state index is 11.5. The van der Waals surface area contributed by atoms with Crippen molar-refractivity contribution in [3.63, 3.8) is 0 Å². The average Bonchev–Trinajstić information content (AvgIpc) is 2.44. The fourth-order valence-corrected chi connectivity index (χ4v) is 4.08. The highest BCUT2D eigenvalue weighted by molar-refractivity contribution is 7.90. The van der Waals surface area contributed by atoms with E-state index in [-0.39, 0.29) is 11.5 Å². The van der Waals surface area contributed by atoms with Gasteiger partial charge in [-0.15, -0.1) is 0 Å². The van der Waals surface area contributed by atoms with Crippen LogP contribution in [0.3, 0.4) is 0 Å². The van der Waals surface area contributed by atoms with Crippen molar-refractivity contribution >= 4 is 9.84 Å². The Hall–Kier alpha value is -1.07. The summed E-state index contributed by atoms with van der Waals surface area (Å²) in [6.45, 7) is 4.41. The Morgan fingerprint density at radius 3 is 2.24 bits per heavy atom. The second kappa shape index (κ2) is 5.97. The van der Waals surface area contributed by atoms with Crippen LogP contribution < -0.4 is 10.1 Å². The lowest BCUT2D eigenvalue weighted by molar-refractivity contribution is -0.0836. The van der Waals surface area contributed by atoms with E-state index in [2.05, 4.69) is 19.2 Å². The van der Waals surface area contributed by atoms with E-state index in [1.165, 1.54) is 6.26 Å². The molecule has 1 aliphatic carbocycles. The molecule has 0 saturated heterocycles. The minimum absolute atomic E-state index is 0.171. The molecule has 0 spiro atoms. The second-order valence-electron chi connectivity index (χ2n) is 5.87. The molecule has 1 N–H and O–H groups in total. The van der Waals surface area contributed by atoms with E-state index in [0.29, 0.717) is 10.9 Å². The summed E-state index contributed by atoms with van der Waals surface area (Å²) in [5.41, 5.74) is 0.171. The molecule has 0 aromatic heterocycles. The van der Waals surface area contributed by atoms with Gasteiger partial charge in [0.05, 0.1) is 4.90 Å². The van der Waals surface area contributed by atoms with Crippen LogP contribution in [-0.2, 0) is 9.84 Å². The van der Waals surface area contributed by atoms with Gasteiger partial charge in [-0.25, -0.2) is 8.42 Å². The molecule has 1 aliphatic rings. The Bertz CT molecular complexity index is 576. The summed E-state index contributed by atoms with van der Waals surface area (Å²) in [6, 6.07) is 7.21. The number of hydrogen-bond donors (Lipinski definition) is 1. The maximum absolute atomic E-state index is 11.5. The standard InChI is InChI=1S/C16H25NO3S/c1-5-16(6-2)14(17-3)11-15(16)20-12-7-9-13(10-8-12)21(4,18)19/h7-10,14-15,17H,5-6,11H2,1-4H3. The first-order valence-electron chi connectivity index (χ1n) is 7.51. The molecule has 5 heteroatoms. The number of ether oxygens (including phenoxy) is 1. The molecular weight excluding hydrogens is 286 g/mol. The molecule has 2 unspecified atom stereocenters. The minimum Gasteiger partial charge on any atom is -0.490 e. The van der Waals surface area contributed by atoms with Gasteiger partial charge in [0.1, 0.15) is 11.9 Å². The first-order chi connectivity index (χ1) is 9.87. The van der Waals surface area contributed by atoms with Gasteiger partial charge >= 0.3 is 0 Å². The Morgan fingerprint density at radius 1 is 1.24 bits per heavy atom. The van der Waals surface area contributed by atoms with Gasteiger partial charge in [0.15, 0.2) is 9.84 Å². The zero-order valence-electron chi connectivity index (χ0n) is 13.2. The van der Waals surface area contributed by atoms with Crippen molar-refractivity contribution in [2.24, 2.45) is 5.41 Å². The molecule has 4 nitrogen and oxygen atoms in total. The molecule has 0 bridgehead atoms. The van der Waals surface area contributed by atoms with Gasteiger partial charge < -0.3 is 10.1 Å². The molecular formula is C16H25NO3S. The number of sulfone groups is 1. The van der Waals surface area contributed by atoms with Crippen molar-refractivity contribution in [2.45, 2.75) is 50.2 Å². The van der Waals surface area contributed by atoms with Crippen molar-refractivity contribution < 1.29 is 13.2 Å². The van der Waals surface area contributed by atoms with Gasteiger partial charge in [0, 0.05) is 24.1 Å². The van der Waals surface area contributed by atoms with Crippen molar-refractivity contribution in [3.05, 3.63) is 24.3 Å². The van der Waals surface area contributed by atoms with E-state index in [0.717, 1.165) is 25.0 Å². The van der Waals surface area contributed by atoms with Crippen LogP contribution >= 0.6 is 0 Å². The summed E-state index contributed by atoms with van der Waals surface area (Å²) in [5, 5.41) is 3.38. The SMILES string of the molecule is CCC1(CC)C(NC)CC1Oc1ccc(S(C)(=O)=O)cc1. The summed E-state index contributed by atoms with van der Waals surface area (Å²) in [4.78, 5) is 0.328. The van der Waals surface area contributed by atoms with E-state index in [1.807, 2.05) is 7.05 Å². The number of nitrogens with one attached hydrogen (secondary N) is 1. The average molecular weight is 311 g/mol. The fraction of sp³-hybridized carbons (Fsp3) is 0.625. The van der Waals surface area contributed by atoms with Crippen molar-refractivity contribution in [1.29, 1.82) is 0 Å². The summed E-state index contributed by atoms with van der Waals surface area (Å²) in [7, 11) is -1.15. The van der Waals surface area contributed by atoms with E-state index in [1.54, 1.807) is 24.3 Å². The normalized spacial score (nSPS) is 24.4. The molecule has 1 saturated carbocycles. The zero-order chi connectivity index (χ0) is 15.7. The molecule has 2 atom stereocenters. The Morgan fingerprint density at radius 2 is 1.81 bits per heavy atom. The molecule has 0 radical (unpaired) electrons. The molecule has 0 heterocycles. The smallest absolute Gasteiger partial charge is 0.175 e. The molecule has 1 aromatic rings. The minimum atomic E-state index is -3.15. The van der Waals surface area contributed by atoms with Crippen LogP contribution in [0.1, 0.15) is 33.1 Å². The van der Waals surface area contributed by atoms with Crippen LogP contribution in [0.4, 0.5) is 0 Å². The molecule has 0 aliphatic heterocycles. The maximum Gasteiger partial charge on any atom is 0.175 e. The van der Waals surface area contributed by atoms with Gasteiger partial charge in [-0.1, -0.05) is 13.8 Å². The third kappa shape index (κ3) is 2.94. The molecule has 0 amide bonds. The lowest BCUT2D eigenvalue weighted by Gasteiger charge is -2.55. The Balaban J connectivity index is 2.12. The molecule has 21 heavy (non-hydrogen) atoms. The van der Waals surface area contributed by atoms with Crippen LogP contribution in [-0.4, -0.2) is 33.9 Å². The largest absolute Gasteiger partial charge is 0.490 e. The third-order valence-electron chi connectivity index (χ3n) is 4.98. The molecule has 2 rings (SSSR count). The summed E-state index contributed by atoms with van der Waals surface area (Å²) in [6.07, 6.45) is 4.54. The van der Waals surface area contributed by atoms with Gasteiger partial charge in [0.2, 0.25) is 0 Å². The van der Waals surface area contributed by atoms with E-state index in [9.17, 15) is 8.42 Å². The van der Waals surface area contributed by atoms with Crippen molar-refractivity contribution in [2.75, 3.05) is 13.3 Å². The van der Waals surface area contributed by atoms with Crippen molar-refractivity contribution in [1.82, 2.24) is 5.32 Å². The summed E-state index contributed by atoms with van der Waals surface area (Å²) >= 11 is 0. The van der Waals surface area contributed by atoms with E-state index in [4.69, 9.17) is 4.74 Å². The highest BCUT2D eigenvalue weighted by atomic mass is 32.2. The predicted molar refractivity (Wildman–Crippen MR) is 84.4 cm³/mol. The zero-order valence-corrected chi connectivity index (χ0v) is 14.0. The first kappa shape index (κ1) is 16.3. The highest BCUT2D eigenvalue weighted by Gasteiger charge is 2.53. The van der Waals surface area contributed by atoms with Crippen LogP contribution in [0.2, 0.25) is 0 Å². The lowest BCUT2D eigenvalue weighted by Crippen LogP contribution is -2.63. The van der Waals surface area contributed by atoms with Gasteiger partial charge in [0.25, 0.3) is 0 Å². The Labute approximate surface area is 127 Å². The van der Waals surface area contributed by atoms with Crippen LogP contribution in [0, 0.1) is 5.41 Å². The fourth-order valence-electron chi connectivity index (χ4n) is 3.45. The van der Waals surface area contributed by atoms with Gasteiger partial charge in [-0.2, -0.15) is 0 Å². The quantitative estimate of drug-likeness (QED) is 0.877. The van der Waals surface area contributed by atoms with Crippen molar-refractivity contribution in [3.8, 4) is 5.75 Å². The number of benzene rings is 1. The number of hydrogen-bond acceptors (Lipinski definition) is 4. The van der Waals surface area contributed by atoms with Crippen LogP contribution in [0.5, 0.6) is 5.75 Å². The van der Waals surface area contributed by atoms with Crippen LogP contribution in [0.25, 0.3) is 0 Å². The summed E-state index contributed by atoms with van der Waals surface area (Å²) < 4.78 is 29.0. The van der Waals surface area contributed by atoms with E-state index >= 15 is 0 Å². The predicted octanol–water partition coefficient (Wildman–Crippen LogP) is 2.64.